The average molecular weight is 702 g/mol. The van der Waals surface area contributed by atoms with E-state index < -0.39 is 15.2 Å². The fourth-order valence-corrected chi connectivity index (χ4v) is 15.9. The van der Waals surface area contributed by atoms with E-state index in [9.17, 15) is 0 Å². The lowest BCUT2D eigenvalue weighted by molar-refractivity contribution is 0.592. The number of benzene rings is 8. The molecule has 248 valence electrons. The van der Waals surface area contributed by atoms with Crippen LogP contribution in [0.4, 0.5) is 17.1 Å². The summed E-state index contributed by atoms with van der Waals surface area (Å²) in [7, 11) is -6.03. The number of anilines is 3. The van der Waals surface area contributed by atoms with E-state index in [2.05, 4.69) is 157 Å². The molecule has 0 N–H and O–H groups in total. The number of para-hydroxylation sites is 2. The SMILES string of the molecule is O=P(c1ccccc1)(c1ccccc1)c1cccc(-c2ccc3c(c2)[Si](c2ccccc2)(c2ccccc2)c2ccccc2N3c2ccccc2)c1. The molecule has 0 radical (unpaired) electrons. The molecule has 0 bridgehead atoms. The Hall–Kier alpha value is -5.99. The second-order valence-electron chi connectivity index (χ2n) is 13.2. The smallest absolute Gasteiger partial charge is 0.184 e. The van der Waals surface area contributed by atoms with Crippen LogP contribution < -0.4 is 41.6 Å². The van der Waals surface area contributed by atoms with Gasteiger partial charge in [0.2, 0.25) is 0 Å². The minimum Gasteiger partial charge on any atom is -0.311 e. The predicted octanol–water partition coefficient (Wildman–Crippen LogP) is 8.15. The van der Waals surface area contributed by atoms with Crippen molar-refractivity contribution in [2.45, 2.75) is 0 Å². The summed E-state index contributed by atoms with van der Waals surface area (Å²) in [6, 6.07) is 77.1. The van der Waals surface area contributed by atoms with Crippen molar-refractivity contribution in [1.29, 1.82) is 0 Å². The zero-order chi connectivity index (χ0) is 35.0. The quantitative estimate of drug-likeness (QED) is 0.124. The highest BCUT2D eigenvalue weighted by Gasteiger charge is 2.49. The van der Waals surface area contributed by atoms with Gasteiger partial charge in [0.15, 0.2) is 15.2 Å². The topological polar surface area (TPSA) is 20.3 Å². The zero-order valence-corrected chi connectivity index (χ0v) is 30.5. The summed E-state index contributed by atoms with van der Waals surface area (Å²) in [5.41, 5.74) is 5.66. The van der Waals surface area contributed by atoms with E-state index in [0.717, 1.165) is 32.7 Å². The summed E-state index contributed by atoms with van der Waals surface area (Å²) < 4.78 is 15.4. The lowest BCUT2D eigenvalue weighted by Gasteiger charge is -2.45. The first-order valence-corrected chi connectivity index (χ1v) is 21.4. The Kier molecular flexibility index (Phi) is 8.16. The van der Waals surface area contributed by atoms with Crippen LogP contribution in [0, 0.1) is 0 Å². The van der Waals surface area contributed by atoms with Crippen molar-refractivity contribution in [2.75, 3.05) is 4.90 Å². The molecule has 0 aromatic heterocycles. The fourth-order valence-electron chi connectivity index (χ4n) is 8.10. The number of nitrogens with zero attached hydrogens (tertiary/aromatic N) is 1. The van der Waals surface area contributed by atoms with Crippen molar-refractivity contribution < 1.29 is 4.57 Å². The highest BCUT2D eigenvalue weighted by Crippen LogP contribution is 2.44. The molecule has 9 rings (SSSR count). The van der Waals surface area contributed by atoms with Gasteiger partial charge in [0.1, 0.15) is 0 Å². The number of rotatable bonds is 7. The molecule has 0 fully saturated rings. The van der Waals surface area contributed by atoms with Gasteiger partial charge in [-0.1, -0.05) is 188 Å². The van der Waals surface area contributed by atoms with Gasteiger partial charge in [-0.3, -0.25) is 0 Å². The van der Waals surface area contributed by atoms with E-state index in [-0.39, 0.29) is 0 Å². The molecule has 0 saturated heterocycles. The monoisotopic (exact) mass is 701 g/mol. The molecule has 4 heteroatoms. The molecule has 1 aliphatic heterocycles. The number of fused-ring (bicyclic) bond motifs is 2. The summed E-state index contributed by atoms with van der Waals surface area (Å²) in [6.07, 6.45) is 0. The van der Waals surface area contributed by atoms with Crippen molar-refractivity contribution in [1.82, 2.24) is 0 Å². The Morgan fingerprint density at radius 2 is 0.827 bits per heavy atom. The molecule has 2 nitrogen and oxygen atoms in total. The lowest BCUT2D eigenvalue weighted by Crippen LogP contribution is -2.77. The van der Waals surface area contributed by atoms with Crippen LogP contribution in [-0.2, 0) is 4.57 Å². The first-order chi connectivity index (χ1) is 25.7. The normalized spacial score (nSPS) is 13.2. The van der Waals surface area contributed by atoms with Gasteiger partial charge < -0.3 is 9.46 Å². The minimum atomic E-state index is -3.16. The van der Waals surface area contributed by atoms with Gasteiger partial charge in [-0.05, 0) is 62.2 Å². The van der Waals surface area contributed by atoms with Crippen molar-refractivity contribution in [3.05, 3.63) is 218 Å². The maximum Gasteiger partial charge on any atom is 0.184 e. The molecule has 0 spiro atoms. The van der Waals surface area contributed by atoms with Gasteiger partial charge in [-0.25, -0.2) is 0 Å². The number of hydrogen-bond acceptors (Lipinski definition) is 2. The maximum absolute atomic E-state index is 15.4. The molecule has 8 aromatic carbocycles. The highest BCUT2D eigenvalue weighted by atomic mass is 31.2. The van der Waals surface area contributed by atoms with Crippen LogP contribution in [0.15, 0.2) is 218 Å². The van der Waals surface area contributed by atoms with Gasteiger partial charge in [0, 0.05) is 33.0 Å². The van der Waals surface area contributed by atoms with E-state index in [0.29, 0.717) is 0 Å². The van der Waals surface area contributed by atoms with Gasteiger partial charge >= 0.3 is 0 Å². The molecule has 8 aromatic rings. The van der Waals surface area contributed by atoms with Crippen LogP contribution in [0.2, 0.25) is 0 Å². The molecule has 1 heterocycles. The maximum atomic E-state index is 15.4. The van der Waals surface area contributed by atoms with Crippen LogP contribution in [0.3, 0.4) is 0 Å². The van der Waals surface area contributed by atoms with E-state index in [4.69, 9.17) is 0 Å². The third kappa shape index (κ3) is 5.13. The average Bonchev–Trinajstić information content (AvgIpc) is 3.24. The van der Waals surface area contributed by atoms with Gasteiger partial charge in [0.25, 0.3) is 0 Å². The highest BCUT2D eigenvalue weighted by molar-refractivity contribution is 7.85. The van der Waals surface area contributed by atoms with E-state index in [1.807, 2.05) is 66.7 Å². The summed E-state index contributed by atoms with van der Waals surface area (Å²) in [5, 5.41) is 7.84. The molecule has 0 atom stereocenters. The molecular formula is C48H36NOPSi. The standard InChI is InChI=1S/C48H36NOPSi/c50-51(40-22-8-2-9-23-40,41-24-10-3-11-25-41)42-26-18-19-37(35-42)38-33-34-46-48(36-38)52(43-27-12-4-13-28-43,44-29-14-5-15-30-44)47-32-17-16-31-45(47)49(46)39-20-6-1-7-21-39/h1-36H. The third-order valence-corrected chi connectivity index (χ3v) is 18.3. The number of hydrogen-bond donors (Lipinski definition) is 0. The van der Waals surface area contributed by atoms with Crippen molar-refractivity contribution in [3.8, 4) is 11.1 Å². The Bertz CT molecular complexity index is 2460. The molecule has 0 saturated carbocycles. The Balaban J connectivity index is 1.32. The van der Waals surface area contributed by atoms with Crippen LogP contribution in [0.25, 0.3) is 11.1 Å². The van der Waals surface area contributed by atoms with Gasteiger partial charge in [-0.2, -0.15) is 0 Å². The van der Waals surface area contributed by atoms with Crippen LogP contribution in [0.1, 0.15) is 0 Å². The van der Waals surface area contributed by atoms with Crippen molar-refractivity contribution in [3.63, 3.8) is 0 Å². The molecular weight excluding hydrogens is 666 g/mol. The lowest BCUT2D eigenvalue weighted by atomic mass is 10.0. The Labute approximate surface area is 306 Å². The summed E-state index contributed by atoms with van der Waals surface area (Å²) in [5.74, 6) is 0. The molecule has 52 heavy (non-hydrogen) atoms. The fraction of sp³-hybridized carbons (Fsp3) is 0. The third-order valence-electron chi connectivity index (χ3n) is 10.4. The summed E-state index contributed by atoms with van der Waals surface area (Å²) in [6.45, 7) is 0. The van der Waals surface area contributed by atoms with E-state index >= 15 is 4.57 Å². The summed E-state index contributed by atoms with van der Waals surface area (Å²) >= 11 is 0. The molecule has 0 unspecified atom stereocenters. The van der Waals surface area contributed by atoms with Crippen LogP contribution >= 0.6 is 7.14 Å². The Morgan fingerprint density at radius 1 is 0.365 bits per heavy atom. The first-order valence-electron chi connectivity index (χ1n) is 17.7. The van der Waals surface area contributed by atoms with Crippen molar-refractivity contribution >= 4 is 68.9 Å². The first kappa shape index (κ1) is 32.0. The van der Waals surface area contributed by atoms with E-state index in [1.165, 1.54) is 32.1 Å². The Morgan fingerprint density at radius 3 is 1.42 bits per heavy atom. The molecule has 1 aliphatic rings. The van der Waals surface area contributed by atoms with Crippen LogP contribution in [-0.4, -0.2) is 8.07 Å². The van der Waals surface area contributed by atoms with Crippen molar-refractivity contribution in [2.24, 2.45) is 0 Å². The minimum absolute atomic E-state index is 0.825. The van der Waals surface area contributed by atoms with Gasteiger partial charge in [0.05, 0.1) is 0 Å². The predicted molar refractivity (Wildman–Crippen MR) is 223 cm³/mol. The second kappa shape index (κ2) is 13.3. The molecule has 0 aliphatic carbocycles. The second-order valence-corrected chi connectivity index (χ2v) is 19.7. The zero-order valence-electron chi connectivity index (χ0n) is 28.6. The van der Waals surface area contributed by atoms with Gasteiger partial charge in [-0.15, -0.1) is 0 Å². The largest absolute Gasteiger partial charge is 0.311 e. The summed E-state index contributed by atoms with van der Waals surface area (Å²) in [4.78, 5) is 2.43. The molecule has 0 amide bonds. The van der Waals surface area contributed by atoms with Crippen LogP contribution in [0.5, 0.6) is 0 Å². The van der Waals surface area contributed by atoms with E-state index in [1.54, 1.807) is 0 Å².